The maximum absolute atomic E-state index is 12.6. The fourth-order valence-corrected chi connectivity index (χ4v) is 3.76. The lowest BCUT2D eigenvalue weighted by molar-refractivity contribution is -0.0156. The summed E-state index contributed by atoms with van der Waals surface area (Å²) < 4.78 is 23.9. The first-order chi connectivity index (χ1) is 14.4. The molecular weight excluding hydrogens is 404 g/mol. The summed E-state index contributed by atoms with van der Waals surface area (Å²) in [6, 6.07) is 16.9. The molecule has 1 unspecified atom stereocenters. The molecule has 0 aliphatic rings. The number of benzene rings is 2. The quantitative estimate of drug-likeness (QED) is 0.373. The Hall–Kier alpha value is -3.27. The van der Waals surface area contributed by atoms with Crippen molar-refractivity contribution in [2.45, 2.75) is 17.7 Å². The topological polar surface area (TPSA) is 123 Å². The third-order valence-corrected chi connectivity index (χ3v) is 5.48. The number of hydroxylamine groups is 1. The van der Waals surface area contributed by atoms with Crippen LogP contribution in [-0.2, 0) is 21.2 Å². The van der Waals surface area contributed by atoms with Crippen molar-refractivity contribution in [1.29, 1.82) is 0 Å². The van der Waals surface area contributed by atoms with Crippen molar-refractivity contribution in [2.75, 3.05) is 11.6 Å². The summed E-state index contributed by atoms with van der Waals surface area (Å²) in [5.41, 5.74) is 10.5. The Morgan fingerprint density at radius 3 is 2.47 bits per heavy atom. The van der Waals surface area contributed by atoms with Crippen molar-refractivity contribution in [3.8, 4) is 0 Å². The van der Waals surface area contributed by atoms with Crippen LogP contribution in [0.4, 0.5) is 5.69 Å². The van der Waals surface area contributed by atoms with Crippen LogP contribution in [-0.4, -0.2) is 25.6 Å². The van der Waals surface area contributed by atoms with E-state index >= 15 is 0 Å². The number of nitrogens with zero attached hydrogens (tertiary/aromatic N) is 1. The lowest BCUT2D eigenvalue weighted by Gasteiger charge is -2.17. The van der Waals surface area contributed by atoms with Gasteiger partial charge >= 0.3 is 0 Å². The van der Waals surface area contributed by atoms with Crippen LogP contribution in [0.2, 0.25) is 0 Å². The Kier molecular flexibility index (Phi) is 6.78. The fourth-order valence-electron chi connectivity index (χ4n) is 2.82. The number of nitrogens with one attached hydrogen (secondary N) is 2. The van der Waals surface area contributed by atoms with Crippen LogP contribution in [0.3, 0.4) is 0 Å². The summed E-state index contributed by atoms with van der Waals surface area (Å²) in [5.74, 6) is -0.514. The third kappa shape index (κ3) is 5.41. The van der Waals surface area contributed by atoms with Crippen LogP contribution in [0.1, 0.15) is 27.7 Å². The molecule has 0 fully saturated rings. The van der Waals surface area contributed by atoms with Crippen molar-refractivity contribution in [3.63, 3.8) is 0 Å². The highest BCUT2D eigenvalue weighted by molar-refractivity contribution is 7.90. The van der Waals surface area contributed by atoms with E-state index in [4.69, 9.17) is 10.6 Å². The lowest BCUT2D eigenvalue weighted by Crippen LogP contribution is -2.30. The number of aromatic nitrogens is 1. The van der Waals surface area contributed by atoms with Crippen molar-refractivity contribution in [1.82, 2.24) is 10.5 Å². The second kappa shape index (κ2) is 9.49. The van der Waals surface area contributed by atoms with Gasteiger partial charge in [-0.3, -0.25) is 9.78 Å². The maximum atomic E-state index is 12.6. The molecule has 30 heavy (non-hydrogen) atoms. The van der Waals surface area contributed by atoms with Gasteiger partial charge in [-0.15, -0.1) is 0 Å². The van der Waals surface area contributed by atoms with Gasteiger partial charge in [0.15, 0.2) is 16.1 Å². The zero-order valence-electron chi connectivity index (χ0n) is 16.3. The van der Waals surface area contributed by atoms with E-state index in [1.54, 1.807) is 48.8 Å². The molecule has 2 aromatic carbocycles. The highest BCUT2D eigenvalue weighted by Crippen LogP contribution is 2.22. The second-order valence-electron chi connectivity index (χ2n) is 6.53. The Balaban J connectivity index is 1.69. The molecule has 156 valence electrons. The predicted octanol–water partition coefficient (Wildman–Crippen LogP) is 2.42. The molecule has 0 saturated heterocycles. The van der Waals surface area contributed by atoms with Crippen LogP contribution in [0.25, 0.3) is 0 Å². The number of para-hydroxylation sites is 1. The first kappa shape index (κ1) is 21.4. The zero-order chi connectivity index (χ0) is 21.6. The zero-order valence-corrected chi connectivity index (χ0v) is 17.1. The van der Waals surface area contributed by atoms with Gasteiger partial charge in [-0.1, -0.05) is 30.3 Å². The summed E-state index contributed by atoms with van der Waals surface area (Å²) >= 11 is 0. The predicted molar refractivity (Wildman–Crippen MR) is 113 cm³/mol. The van der Waals surface area contributed by atoms with Crippen LogP contribution in [0, 0.1) is 0 Å². The number of carbonyl (C=O) groups excluding carboxylic acids is 1. The normalized spacial score (nSPS) is 12.2. The minimum Gasteiger partial charge on any atom is -0.380 e. The van der Waals surface area contributed by atoms with Gasteiger partial charge in [0.05, 0.1) is 10.5 Å². The Bertz CT molecular complexity index is 1120. The monoisotopic (exact) mass is 426 g/mol. The number of nitrogens with two attached hydrogens (primary N) is 1. The first-order valence-electron chi connectivity index (χ1n) is 9.08. The molecule has 0 bridgehead atoms. The van der Waals surface area contributed by atoms with Crippen LogP contribution in [0.15, 0.2) is 78.0 Å². The SMILES string of the molecule is CS(=O)(=O)c1ccccc1C(N)ONC(=O)c1ccccc1NCc1ccncc1. The molecule has 1 aromatic heterocycles. The number of hydrogen-bond donors (Lipinski definition) is 3. The van der Waals surface area contributed by atoms with Gasteiger partial charge in [-0.2, -0.15) is 0 Å². The molecule has 1 atom stereocenters. The van der Waals surface area contributed by atoms with E-state index in [2.05, 4.69) is 15.8 Å². The van der Waals surface area contributed by atoms with Crippen LogP contribution in [0.5, 0.6) is 0 Å². The van der Waals surface area contributed by atoms with E-state index < -0.39 is 22.0 Å². The number of hydrogen-bond acceptors (Lipinski definition) is 7. The maximum Gasteiger partial charge on any atom is 0.277 e. The van der Waals surface area contributed by atoms with E-state index in [0.717, 1.165) is 11.8 Å². The third-order valence-electron chi connectivity index (χ3n) is 4.31. The molecule has 3 rings (SSSR count). The second-order valence-corrected chi connectivity index (χ2v) is 8.52. The standard InChI is InChI=1S/C21H22N4O4S/c1-30(27,28)19-9-5-3-7-17(19)20(22)29-25-21(26)16-6-2-4-8-18(16)24-14-15-10-12-23-13-11-15/h2-13,20,24H,14,22H2,1H3,(H,25,26). The average molecular weight is 426 g/mol. The van der Waals surface area contributed by atoms with E-state index in [0.29, 0.717) is 17.8 Å². The highest BCUT2D eigenvalue weighted by atomic mass is 32.2. The number of carbonyl (C=O) groups is 1. The van der Waals surface area contributed by atoms with Gasteiger partial charge in [0.2, 0.25) is 0 Å². The molecule has 0 spiro atoms. The van der Waals surface area contributed by atoms with Crippen molar-refractivity contribution < 1.29 is 18.0 Å². The van der Waals surface area contributed by atoms with E-state index in [1.165, 1.54) is 12.1 Å². The van der Waals surface area contributed by atoms with Gasteiger partial charge in [-0.25, -0.2) is 18.7 Å². The van der Waals surface area contributed by atoms with Gasteiger partial charge in [-0.05, 0) is 35.9 Å². The molecule has 8 nitrogen and oxygen atoms in total. The number of sulfone groups is 1. The number of pyridine rings is 1. The molecule has 0 aliphatic heterocycles. The number of amides is 1. The van der Waals surface area contributed by atoms with Crippen molar-refractivity contribution >= 4 is 21.4 Å². The summed E-state index contributed by atoms with van der Waals surface area (Å²) in [5, 5.41) is 3.20. The summed E-state index contributed by atoms with van der Waals surface area (Å²) in [6.07, 6.45) is 3.32. The molecule has 1 amide bonds. The van der Waals surface area contributed by atoms with E-state index in [1.807, 2.05) is 12.1 Å². The highest BCUT2D eigenvalue weighted by Gasteiger charge is 2.20. The minimum atomic E-state index is -3.50. The Morgan fingerprint density at radius 1 is 1.07 bits per heavy atom. The van der Waals surface area contributed by atoms with Crippen LogP contribution < -0.4 is 16.5 Å². The van der Waals surface area contributed by atoms with Crippen LogP contribution >= 0.6 is 0 Å². The lowest BCUT2D eigenvalue weighted by atomic mass is 10.1. The van der Waals surface area contributed by atoms with Crippen molar-refractivity contribution in [2.24, 2.45) is 5.73 Å². The fraction of sp³-hybridized carbons (Fsp3) is 0.143. The minimum absolute atomic E-state index is 0.0474. The molecule has 0 aliphatic carbocycles. The Labute approximate surface area is 175 Å². The molecule has 3 aromatic rings. The smallest absolute Gasteiger partial charge is 0.277 e. The molecule has 9 heteroatoms. The van der Waals surface area contributed by atoms with Gasteiger partial charge in [0, 0.05) is 36.4 Å². The summed E-state index contributed by atoms with van der Waals surface area (Å²) in [7, 11) is -3.50. The van der Waals surface area contributed by atoms with Gasteiger partial charge in [0.1, 0.15) is 0 Å². The molecular formula is C21H22N4O4S. The molecule has 4 N–H and O–H groups in total. The molecule has 1 heterocycles. The average Bonchev–Trinajstić information content (AvgIpc) is 2.76. The van der Waals surface area contributed by atoms with Crippen molar-refractivity contribution in [3.05, 3.63) is 89.7 Å². The van der Waals surface area contributed by atoms with E-state index in [9.17, 15) is 13.2 Å². The van der Waals surface area contributed by atoms with Gasteiger partial charge < -0.3 is 11.1 Å². The number of anilines is 1. The first-order valence-corrected chi connectivity index (χ1v) is 11.0. The molecule has 0 saturated carbocycles. The molecule has 0 radical (unpaired) electrons. The largest absolute Gasteiger partial charge is 0.380 e. The Morgan fingerprint density at radius 2 is 1.73 bits per heavy atom. The summed E-state index contributed by atoms with van der Waals surface area (Å²) in [4.78, 5) is 21.9. The van der Waals surface area contributed by atoms with Gasteiger partial charge in [0.25, 0.3) is 5.91 Å². The van der Waals surface area contributed by atoms with E-state index in [-0.39, 0.29) is 10.5 Å². The number of rotatable bonds is 8. The summed E-state index contributed by atoms with van der Waals surface area (Å²) in [6.45, 7) is 0.509.